The summed E-state index contributed by atoms with van der Waals surface area (Å²) < 4.78 is 0. The van der Waals surface area contributed by atoms with Crippen molar-refractivity contribution in [1.82, 2.24) is 0 Å². The van der Waals surface area contributed by atoms with E-state index in [0.29, 0.717) is 10.7 Å². The van der Waals surface area contributed by atoms with E-state index in [1.807, 2.05) is 6.07 Å². The van der Waals surface area contributed by atoms with Gasteiger partial charge in [-0.3, -0.25) is 0 Å². The highest BCUT2D eigenvalue weighted by atomic mass is 79.9. The van der Waals surface area contributed by atoms with Crippen molar-refractivity contribution < 1.29 is 0 Å². The van der Waals surface area contributed by atoms with Gasteiger partial charge in [-0.15, -0.1) is 0 Å². The molecule has 0 radical (unpaired) electrons. The summed E-state index contributed by atoms with van der Waals surface area (Å²) in [5.74, 6) is 0.377. The van der Waals surface area contributed by atoms with Crippen LogP contribution >= 0.6 is 27.5 Å². The van der Waals surface area contributed by atoms with E-state index in [-0.39, 0.29) is 5.41 Å². The Balaban J connectivity index is 1.98. The van der Waals surface area contributed by atoms with Gasteiger partial charge in [0.2, 0.25) is 0 Å². The van der Waals surface area contributed by atoms with Gasteiger partial charge in [0.05, 0.1) is 0 Å². The normalized spacial score (nSPS) is 22.3. The summed E-state index contributed by atoms with van der Waals surface area (Å²) in [7, 11) is 0. The molecule has 0 saturated heterocycles. The zero-order valence-electron chi connectivity index (χ0n) is 13.2. The highest BCUT2D eigenvalue weighted by molar-refractivity contribution is 9.09. The molecule has 0 saturated carbocycles. The molecule has 3 aromatic carbocycles. The highest BCUT2D eigenvalue weighted by Gasteiger charge is 2.46. The van der Waals surface area contributed by atoms with Gasteiger partial charge < -0.3 is 0 Å². The van der Waals surface area contributed by atoms with Crippen LogP contribution in [0.25, 0.3) is 10.8 Å². The first-order valence-electron chi connectivity index (χ1n) is 7.92. The van der Waals surface area contributed by atoms with E-state index >= 15 is 0 Å². The van der Waals surface area contributed by atoms with Crippen molar-refractivity contribution in [3.8, 4) is 0 Å². The monoisotopic (exact) mass is 384 g/mol. The first-order valence-corrected chi connectivity index (χ1v) is 9.22. The van der Waals surface area contributed by atoms with Crippen LogP contribution in [0.2, 0.25) is 5.02 Å². The Labute approximate surface area is 150 Å². The van der Waals surface area contributed by atoms with Crippen molar-refractivity contribution in [3.63, 3.8) is 0 Å². The Bertz CT molecular complexity index is 897. The first kappa shape index (κ1) is 15.2. The molecule has 0 bridgehead atoms. The van der Waals surface area contributed by atoms with Crippen molar-refractivity contribution >= 4 is 38.3 Å². The van der Waals surface area contributed by atoms with E-state index in [4.69, 9.17) is 11.6 Å². The van der Waals surface area contributed by atoms with Crippen molar-refractivity contribution in [2.75, 3.05) is 0 Å². The van der Waals surface area contributed by atoms with Gasteiger partial charge in [0.1, 0.15) is 0 Å². The number of hydrogen-bond donors (Lipinski definition) is 0. The topological polar surface area (TPSA) is 0 Å². The fourth-order valence-corrected chi connectivity index (χ4v) is 5.71. The molecule has 0 amide bonds. The predicted molar refractivity (Wildman–Crippen MR) is 103 cm³/mol. The van der Waals surface area contributed by atoms with E-state index in [0.717, 1.165) is 10.4 Å². The third kappa shape index (κ3) is 2.17. The largest absolute Gasteiger partial charge is 0.0837 e. The number of halogens is 2. The zero-order chi connectivity index (χ0) is 16.2. The van der Waals surface area contributed by atoms with Gasteiger partial charge in [-0.25, -0.2) is 0 Å². The van der Waals surface area contributed by atoms with Crippen LogP contribution in [-0.4, -0.2) is 0 Å². The lowest BCUT2D eigenvalue weighted by Crippen LogP contribution is -2.23. The minimum absolute atomic E-state index is 0.0708. The Morgan fingerprint density at radius 2 is 1.48 bits per heavy atom. The summed E-state index contributed by atoms with van der Waals surface area (Å²) in [6.45, 7) is 4.70. The van der Waals surface area contributed by atoms with Crippen molar-refractivity contribution in [2.45, 2.75) is 30.0 Å². The quantitative estimate of drug-likeness (QED) is 0.395. The van der Waals surface area contributed by atoms with Crippen molar-refractivity contribution in [1.29, 1.82) is 0 Å². The smallest absolute Gasteiger partial charge is 0.0484 e. The third-order valence-electron chi connectivity index (χ3n) is 5.26. The van der Waals surface area contributed by atoms with E-state index in [9.17, 15) is 0 Å². The van der Waals surface area contributed by atoms with E-state index in [1.54, 1.807) is 0 Å². The summed E-state index contributed by atoms with van der Waals surface area (Å²) in [6.07, 6.45) is 0. The second kappa shape index (κ2) is 5.36. The van der Waals surface area contributed by atoms with Gasteiger partial charge in [0.25, 0.3) is 0 Å². The molecule has 4 rings (SSSR count). The highest BCUT2D eigenvalue weighted by Crippen LogP contribution is 2.58. The average Bonchev–Trinajstić information content (AvgIpc) is 2.76. The molecule has 23 heavy (non-hydrogen) atoms. The summed E-state index contributed by atoms with van der Waals surface area (Å²) in [4.78, 5) is 0.318. The number of alkyl halides is 1. The van der Waals surface area contributed by atoms with Crippen LogP contribution in [0.3, 0.4) is 0 Å². The van der Waals surface area contributed by atoms with Gasteiger partial charge in [-0.2, -0.15) is 0 Å². The van der Waals surface area contributed by atoms with Crippen LogP contribution in [0.1, 0.15) is 41.3 Å². The predicted octanol–water partition coefficient (Wildman–Crippen LogP) is 7.00. The Hall–Kier alpha value is -1.31. The van der Waals surface area contributed by atoms with Crippen LogP contribution in [0.4, 0.5) is 0 Å². The maximum atomic E-state index is 6.42. The molecule has 116 valence electrons. The molecule has 0 aromatic heterocycles. The summed E-state index contributed by atoms with van der Waals surface area (Å²) in [5, 5.41) is 3.22. The molecule has 0 spiro atoms. The van der Waals surface area contributed by atoms with Crippen molar-refractivity contribution in [3.05, 3.63) is 82.4 Å². The van der Waals surface area contributed by atoms with E-state index < -0.39 is 0 Å². The van der Waals surface area contributed by atoms with Gasteiger partial charge in [-0.05, 0) is 33.6 Å². The minimum Gasteiger partial charge on any atom is -0.0837 e. The Morgan fingerprint density at radius 3 is 2.22 bits per heavy atom. The van der Waals surface area contributed by atoms with E-state index in [2.05, 4.69) is 84.4 Å². The summed E-state index contributed by atoms with van der Waals surface area (Å²) >= 11 is 10.4. The summed E-state index contributed by atoms with van der Waals surface area (Å²) in [5.41, 5.74) is 4.28. The fourth-order valence-electron chi connectivity index (χ4n) is 4.14. The lowest BCUT2D eigenvalue weighted by Gasteiger charge is -2.31. The lowest BCUT2D eigenvalue weighted by molar-refractivity contribution is 0.448. The Morgan fingerprint density at radius 1 is 0.826 bits per heavy atom. The summed E-state index contributed by atoms with van der Waals surface area (Å²) in [6, 6.07) is 21.5. The van der Waals surface area contributed by atoms with Crippen LogP contribution < -0.4 is 0 Å². The maximum Gasteiger partial charge on any atom is 0.0484 e. The van der Waals surface area contributed by atoms with Gasteiger partial charge >= 0.3 is 0 Å². The van der Waals surface area contributed by atoms with Crippen molar-refractivity contribution in [2.24, 2.45) is 0 Å². The van der Waals surface area contributed by atoms with Crippen LogP contribution in [0, 0.1) is 0 Å². The van der Waals surface area contributed by atoms with Gasteiger partial charge in [0, 0.05) is 21.2 Å². The standard InChI is InChI=1S/C21H18BrCl/c1-21(2)17-10-6-5-9-16(17)20(22)19(21)15-11-12-18(23)14-8-4-3-7-13(14)15/h3-12,19-20H,1-2H3. The second-order valence-electron chi connectivity index (χ2n) is 6.87. The van der Waals surface area contributed by atoms with Crippen LogP contribution in [-0.2, 0) is 5.41 Å². The molecule has 1 aliphatic carbocycles. The number of hydrogen-bond acceptors (Lipinski definition) is 0. The van der Waals surface area contributed by atoms with Gasteiger partial charge in [0.15, 0.2) is 0 Å². The molecule has 0 nitrogen and oxygen atoms in total. The number of fused-ring (bicyclic) bond motifs is 2. The molecule has 0 aliphatic heterocycles. The van der Waals surface area contributed by atoms with E-state index in [1.165, 1.54) is 22.1 Å². The molecule has 1 aliphatic rings. The number of benzene rings is 3. The van der Waals surface area contributed by atoms with Crippen LogP contribution in [0.5, 0.6) is 0 Å². The molecule has 2 atom stereocenters. The maximum absolute atomic E-state index is 6.42. The molecule has 2 unspecified atom stereocenters. The van der Waals surface area contributed by atoms with Crippen LogP contribution in [0.15, 0.2) is 60.7 Å². The molecule has 3 aromatic rings. The molecule has 2 heteroatoms. The second-order valence-corrected chi connectivity index (χ2v) is 8.26. The molecule has 0 heterocycles. The molecule has 0 fully saturated rings. The fraction of sp³-hybridized carbons (Fsp3) is 0.238. The first-order chi connectivity index (χ1) is 11.0. The SMILES string of the molecule is CC1(C)c2ccccc2C(Br)C1c1ccc(Cl)c2ccccc12. The third-order valence-corrected chi connectivity index (χ3v) is 6.61. The Kier molecular flexibility index (Phi) is 3.55. The van der Waals surface area contributed by atoms with Gasteiger partial charge in [-0.1, -0.05) is 96.0 Å². The number of rotatable bonds is 1. The lowest BCUT2D eigenvalue weighted by atomic mass is 9.74. The minimum atomic E-state index is 0.0708. The molecular weight excluding hydrogens is 368 g/mol. The zero-order valence-corrected chi connectivity index (χ0v) is 15.5. The molecule has 0 N–H and O–H groups in total. The molecular formula is C21H18BrCl. The average molecular weight is 386 g/mol.